The first-order valence-electron chi connectivity index (χ1n) is 4.74. The Labute approximate surface area is 88.0 Å². The van der Waals surface area contributed by atoms with Crippen molar-refractivity contribution >= 4 is 11.6 Å². The highest BCUT2D eigenvalue weighted by Crippen LogP contribution is 2.17. The second kappa shape index (κ2) is 3.68. The standard InChI is InChI=1S/C10H13N5/c1-6-4-9(15-14-6)13-10-7(2)8(3)11-5-12-10/h4-5H,1-3H3,(H2,11,12,13,14,15). The van der Waals surface area contributed by atoms with E-state index in [1.54, 1.807) is 6.33 Å². The van der Waals surface area contributed by atoms with Crippen LogP contribution in [0.15, 0.2) is 12.4 Å². The maximum absolute atomic E-state index is 4.17. The van der Waals surface area contributed by atoms with Crippen LogP contribution in [0.1, 0.15) is 17.0 Å². The number of aromatic amines is 1. The number of nitrogens with zero attached hydrogens (tertiary/aromatic N) is 3. The monoisotopic (exact) mass is 203 g/mol. The van der Waals surface area contributed by atoms with Crippen LogP contribution in [0, 0.1) is 20.8 Å². The summed E-state index contributed by atoms with van der Waals surface area (Å²) < 4.78 is 0. The van der Waals surface area contributed by atoms with Gasteiger partial charge in [-0.05, 0) is 20.8 Å². The second-order valence-electron chi connectivity index (χ2n) is 3.49. The number of H-pyrrole nitrogens is 1. The Morgan fingerprint density at radius 1 is 1.20 bits per heavy atom. The van der Waals surface area contributed by atoms with E-state index in [2.05, 4.69) is 25.5 Å². The van der Waals surface area contributed by atoms with Crippen molar-refractivity contribution in [2.45, 2.75) is 20.8 Å². The summed E-state index contributed by atoms with van der Waals surface area (Å²) in [6.45, 7) is 5.89. The van der Waals surface area contributed by atoms with Crippen LogP contribution in [-0.4, -0.2) is 20.2 Å². The van der Waals surface area contributed by atoms with Gasteiger partial charge in [0.1, 0.15) is 12.1 Å². The Morgan fingerprint density at radius 2 is 2.00 bits per heavy atom. The molecule has 15 heavy (non-hydrogen) atoms. The van der Waals surface area contributed by atoms with Crippen LogP contribution in [0.5, 0.6) is 0 Å². The lowest BCUT2D eigenvalue weighted by Gasteiger charge is -2.06. The normalized spacial score (nSPS) is 10.3. The summed E-state index contributed by atoms with van der Waals surface area (Å²) in [6.07, 6.45) is 1.55. The molecule has 0 saturated heterocycles. The molecule has 0 spiro atoms. The zero-order valence-electron chi connectivity index (χ0n) is 9.00. The van der Waals surface area contributed by atoms with Crippen molar-refractivity contribution in [1.82, 2.24) is 20.2 Å². The van der Waals surface area contributed by atoms with Gasteiger partial charge in [-0.15, -0.1) is 0 Å². The van der Waals surface area contributed by atoms with Crippen LogP contribution in [0.4, 0.5) is 11.6 Å². The quantitative estimate of drug-likeness (QED) is 0.781. The molecule has 78 valence electrons. The summed E-state index contributed by atoms with van der Waals surface area (Å²) in [4.78, 5) is 8.27. The van der Waals surface area contributed by atoms with Crippen molar-refractivity contribution in [3.8, 4) is 0 Å². The molecule has 0 aromatic carbocycles. The summed E-state index contributed by atoms with van der Waals surface area (Å²) in [5.41, 5.74) is 3.03. The zero-order valence-corrected chi connectivity index (χ0v) is 9.00. The Kier molecular flexibility index (Phi) is 2.37. The summed E-state index contributed by atoms with van der Waals surface area (Å²) in [7, 11) is 0. The second-order valence-corrected chi connectivity index (χ2v) is 3.49. The third-order valence-corrected chi connectivity index (χ3v) is 2.29. The number of anilines is 2. The average molecular weight is 203 g/mol. The van der Waals surface area contributed by atoms with Crippen LogP contribution >= 0.6 is 0 Å². The third kappa shape index (κ3) is 1.96. The first kappa shape index (κ1) is 9.64. The van der Waals surface area contributed by atoms with E-state index in [9.17, 15) is 0 Å². The van der Waals surface area contributed by atoms with Gasteiger partial charge in [-0.1, -0.05) is 0 Å². The van der Waals surface area contributed by atoms with Gasteiger partial charge in [0.2, 0.25) is 0 Å². The Morgan fingerprint density at radius 3 is 2.67 bits per heavy atom. The summed E-state index contributed by atoms with van der Waals surface area (Å²) in [5.74, 6) is 1.57. The number of aromatic nitrogens is 4. The lowest BCUT2D eigenvalue weighted by atomic mass is 10.2. The average Bonchev–Trinajstić information content (AvgIpc) is 2.59. The summed E-state index contributed by atoms with van der Waals surface area (Å²) in [6, 6.07) is 1.93. The highest BCUT2D eigenvalue weighted by Gasteiger charge is 2.04. The number of nitrogens with one attached hydrogen (secondary N) is 2. The van der Waals surface area contributed by atoms with E-state index in [0.29, 0.717) is 0 Å². The van der Waals surface area contributed by atoms with Crippen LogP contribution < -0.4 is 5.32 Å². The molecule has 0 unspecified atom stereocenters. The van der Waals surface area contributed by atoms with Crippen molar-refractivity contribution in [2.75, 3.05) is 5.32 Å². The first-order valence-corrected chi connectivity index (χ1v) is 4.74. The zero-order chi connectivity index (χ0) is 10.8. The lowest BCUT2D eigenvalue weighted by molar-refractivity contribution is 1.03. The van der Waals surface area contributed by atoms with Crippen molar-refractivity contribution in [3.63, 3.8) is 0 Å². The van der Waals surface area contributed by atoms with Gasteiger partial charge in [-0.2, -0.15) is 5.10 Å². The van der Waals surface area contributed by atoms with Crippen molar-refractivity contribution in [1.29, 1.82) is 0 Å². The molecule has 2 aromatic heterocycles. The molecular weight excluding hydrogens is 190 g/mol. The van der Waals surface area contributed by atoms with Crippen molar-refractivity contribution in [3.05, 3.63) is 29.3 Å². The molecule has 2 N–H and O–H groups in total. The van der Waals surface area contributed by atoms with E-state index in [1.165, 1.54) is 0 Å². The van der Waals surface area contributed by atoms with Crippen LogP contribution in [0.25, 0.3) is 0 Å². The van der Waals surface area contributed by atoms with E-state index in [1.807, 2.05) is 26.8 Å². The fraction of sp³-hybridized carbons (Fsp3) is 0.300. The molecule has 0 radical (unpaired) electrons. The molecule has 2 aromatic rings. The van der Waals surface area contributed by atoms with E-state index in [4.69, 9.17) is 0 Å². The Hall–Kier alpha value is -1.91. The smallest absolute Gasteiger partial charge is 0.153 e. The molecule has 0 bridgehead atoms. The van der Waals surface area contributed by atoms with Crippen LogP contribution in [-0.2, 0) is 0 Å². The fourth-order valence-electron chi connectivity index (χ4n) is 1.27. The van der Waals surface area contributed by atoms with Gasteiger partial charge >= 0.3 is 0 Å². The largest absolute Gasteiger partial charge is 0.323 e. The van der Waals surface area contributed by atoms with Crippen LogP contribution in [0.2, 0.25) is 0 Å². The van der Waals surface area contributed by atoms with Gasteiger partial charge in [0.25, 0.3) is 0 Å². The maximum atomic E-state index is 4.17. The van der Waals surface area contributed by atoms with Gasteiger partial charge in [0.15, 0.2) is 5.82 Å². The number of hydrogen-bond acceptors (Lipinski definition) is 4. The molecule has 0 aliphatic rings. The fourth-order valence-corrected chi connectivity index (χ4v) is 1.27. The SMILES string of the molecule is Cc1cc(Nc2ncnc(C)c2C)n[nH]1. The van der Waals surface area contributed by atoms with E-state index in [0.717, 1.165) is 28.6 Å². The predicted octanol–water partition coefficient (Wildman–Crippen LogP) is 1.87. The summed E-state index contributed by atoms with van der Waals surface area (Å²) >= 11 is 0. The van der Waals surface area contributed by atoms with E-state index in [-0.39, 0.29) is 0 Å². The van der Waals surface area contributed by atoms with Gasteiger partial charge < -0.3 is 5.32 Å². The molecule has 2 rings (SSSR count). The molecule has 0 fully saturated rings. The minimum atomic E-state index is 0.772. The van der Waals surface area contributed by atoms with Crippen molar-refractivity contribution < 1.29 is 0 Å². The van der Waals surface area contributed by atoms with Gasteiger partial charge in [0, 0.05) is 23.0 Å². The van der Waals surface area contributed by atoms with Gasteiger partial charge in [0.05, 0.1) is 0 Å². The molecular formula is C10H13N5. The molecule has 0 atom stereocenters. The molecule has 0 amide bonds. The molecule has 0 aliphatic carbocycles. The summed E-state index contributed by atoms with van der Waals surface area (Å²) in [5, 5.41) is 10.1. The molecule has 5 nitrogen and oxygen atoms in total. The highest BCUT2D eigenvalue weighted by molar-refractivity contribution is 5.56. The van der Waals surface area contributed by atoms with Gasteiger partial charge in [-0.25, -0.2) is 9.97 Å². The maximum Gasteiger partial charge on any atom is 0.153 e. The van der Waals surface area contributed by atoms with Crippen LogP contribution in [0.3, 0.4) is 0 Å². The Balaban J connectivity index is 2.28. The third-order valence-electron chi connectivity index (χ3n) is 2.29. The minimum Gasteiger partial charge on any atom is -0.323 e. The van der Waals surface area contributed by atoms with Gasteiger partial charge in [-0.3, -0.25) is 5.10 Å². The van der Waals surface area contributed by atoms with E-state index >= 15 is 0 Å². The highest BCUT2D eigenvalue weighted by atomic mass is 15.2. The van der Waals surface area contributed by atoms with Crippen molar-refractivity contribution in [2.24, 2.45) is 0 Å². The number of aryl methyl sites for hydroxylation is 2. The molecule has 2 heterocycles. The minimum absolute atomic E-state index is 0.772. The first-order chi connectivity index (χ1) is 7.16. The molecule has 0 aliphatic heterocycles. The molecule has 5 heteroatoms. The number of hydrogen-bond donors (Lipinski definition) is 2. The molecule has 0 saturated carbocycles. The Bertz CT molecular complexity index is 474. The van der Waals surface area contributed by atoms with E-state index < -0.39 is 0 Å². The topological polar surface area (TPSA) is 66.5 Å². The number of rotatable bonds is 2. The predicted molar refractivity (Wildman–Crippen MR) is 58.1 cm³/mol. The lowest BCUT2D eigenvalue weighted by Crippen LogP contribution is -1.99.